The fourth-order valence-electron chi connectivity index (χ4n) is 2.65. The van der Waals surface area contributed by atoms with Gasteiger partial charge in [0.15, 0.2) is 0 Å². The van der Waals surface area contributed by atoms with Gasteiger partial charge >= 0.3 is 0 Å². The fraction of sp³-hybridized carbons (Fsp3) is 0.364. The zero-order valence-electron chi connectivity index (χ0n) is 17.1. The Balaban J connectivity index is 2.19. The molecule has 1 atom stereocenters. The molecule has 0 spiro atoms. The zero-order valence-corrected chi connectivity index (χ0v) is 20.2. The highest BCUT2D eigenvalue weighted by molar-refractivity contribution is 8.00. The number of carbonyl (C=O) groups is 2. The molecule has 30 heavy (non-hydrogen) atoms. The van der Waals surface area contributed by atoms with Crippen molar-refractivity contribution in [1.82, 2.24) is 10.2 Å². The maximum atomic E-state index is 13.1. The smallest absolute Gasteiger partial charge is 0.242 e. The van der Waals surface area contributed by atoms with E-state index in [-0.39, 0.29) is 24.1 Å². The van der Waals surface area contributed by atoms with E-state index >= 15 is 0 Å². The van der Waals surface area contributed by atoms with Gasteiger partial charge in [0.05, 0.1) is 5.75 Å². The zero-order chi connectivity index (χ0) is 22.3. The largest absolute Gasteiger partial charge is 0.354 e. The van der Waals surface area contributed by atoms with Crippen LogP contribution in [-0.2, 0) is 16.1 Å². The topological polar surface area (TPSA) is 49.4 Å². The van der Waals surface area contributed by atoms with Crippen LogP contribution >= 0.6 is 46.6 Å². The van der Waals surface area contributed by atoms with Gasteiger partial charge in [0, 0.05) is 38.6 Å². The molecule has 0 unspecified atom stereocenters. The first kappa shape index (κ1) is 24.9. The lowest BCUT2D eigenvalue weighted by atomic mass is 10.1. The number of amides is 2. The van der Waals surface area contributed by atoms with E-state index in [1.165, 1.54) is 16.7 Å². The van der Waals surface area contributed by atoms with Crippen LogP contribution in [0.15, 0.2) is 47.4 Å². The molecule has 2 rings (SSSR count). The van der Waals surface area contributed by atoms with E-state index in [9.17, 15) is 9.59 Å². The predicted molar refractivity (Wildman–Crippen MR) is 126 cm³/mol. The number of nitrogens with zero attached hydrogens (tertiary/aromatic N) is 1. The normalized spacial score (nSPS) is 12.0. The molecule has 0 bridgehead atoms. The summed E-state index contributed by atoms with van der Waals surface area (Å²) in [5.41, 5.74) is 0.620. The van der Waals surface area contributed by atoms with Gasteiger partial charge in [-0.3, -0.25) is 9.59 Å². The van der Waals surface area contributed by atoms with Crippen molar-refractivity contribution in [2.24, 2.45) is 5.92 Å². The van der Waals surface area contributed by atoms with Gasteiger partial charge in [-0.1, -0.05) is 54.7 Å². The number of hydrogen-bond acceptors (Lipinski definition) is 3. The first-order valence-corrected chi connectivity index (χ1v) is 11.7. The van der Waals surface area contributed by atoms with Crippen LogP contribution in [0.2, 0.25) is 15.1 Å². The number of hydrogen-bond donors (Lipinski definition) is 1. The van der Waals surface area contributed by atoms with E-state index in [0.717, 1.165) is 4.90 Å². The Morgan fingerprint density at radius 1 is 1.00 bits per heavy atom. The number of halogens is 3. The third-order valence-corrected chi connectivity index (χ3v) is 6.37. The predicted octanol–water partition coefficient (Wildman–Crippen LogP) is 5.93. The minimum absolute atomic E-state index is 0.148. The Labute approximate surface area is 197 Å². The maximum Gasteiger partial charge on any atom is 0.242 e. The Morgan fingerprint density at radius 3 is 2.17 bits per heavy atom. The standard InChI is InChI=1S/C22H25Cl3N2O2S/c1-14(2)11-26-22(29)15(3)27(12-18-19(24)5-4-6-20(18)25)21(28)13-30-17-9-7-16(23)8-10-17/h4-10,14-15H,11-13H2,1-3H3,(H,26,29)/t15-/m0/s1. The summed E-state index contributed by atoms with van der Waals surface area (Å²) in [4.78, 5) is 28.2. The van der Waals surface area contributed by atoms with Crippen molar-refractivity contribution in [2.45, 2.75) is 38.3 Å². The van der Waals surface area contributed by atoms with Crippen molar-refractivity contribution in [3.05, 3.63) is 63.1 Å². The quantitative estimate of drug-likeness (QED) is 0.446. The second-order valence-electron chi connectivity index (χ2n) is 7.28. The summed E-state index contributed by atoms with van der Waals surface area (Å²) in [6.07, 6.45) is 0. The Hall–Kier alpha value is -1.40. The van der Waals surface area contributed by atoms with Crippen LogP contribution < -0.4 is 5.32 Å². The molecule has 8 heteroatoms. The van der Waals surface area contributed by atoms with Crippen molar-refractivity contribution in [3.8, 4) is 0 Å². The average molecular weight is 488 g/mol. The van der Waals surface area contributed by atoms with Crippen molar-refractivity contribution in [1.29, 1.82) is 0 Å². The number of benzene rings is 2. The molecule has 4 nitrogen and oxygen atoms in total. The van der Waals surface area contributed by atoms with Gasteiger partial charge in [-0.05, 0) is 49.2 Å². The van der Waals surface area contributed by atoms with Crippen molar-refractivity contribution in [2.75, 3.05) is 12.3 Å². The van der Waals surface area contributed by atoms with Gasteiger partial charge in [0.1, 0.15) is 6.04 Å². The van der Waals surface area contributed by atoms with Gasteiger partial charge in [-0.2, -0.15) is 0 Å². The summed E-state index contributed by atoms with van der Waals surface area (Å²) < 4.78 is 0. The molecule has 162 valence electrons. The highest BCUT2D eigenvalue weighted by Crippen LogP contribution is 2.27. The molecule has 0 aliphatic rings. The van der Waals surface area contributed by atoms with Crippen molar-refractivity contribution in [3.63, 3.8) is 0 Å². The lowest BCUT2D eigenvalue weighted by Gasteiger charge is -2.29. The maximum absolute atomic E-state index is 13.1. The average Bonchev–Trinajstić information content (AvgIpc) is 2.70. The Morgan fingerprint density at radius 2 is 1.60 bits per heavy atom. The minimum Gasteiger partial charge on any atom is -0.354 e. The molecule has 0 aliphatic carbocycles. The summed E-state index contributed by atoms with van der Waals surface area (Å²) in [5.74, 6) is 0.0875. The molecule has 1 N–H and O–H groups in total. The van der Waals surface area contributed by atoms with E-state index in [4.69, 9.17) is 34.8 Å². The first-order chi connectivity index (χ1) is 14.2. The summed E-state index contributed by atoms with van der Waals surface area (Å²) in [6.45, 7) is 6.43. The van der Waals surface area contributed by atoms with Crippen LogP contribution in [-0.4, -0.2) is 35.1 Å². The minimum atomic E-state index is -0.672. The first-order valence-electron chi connectivity index (χ1n) is 9.57. The Bertz CT molecular complexity index is 855. The van der Waals surface area contributed by atoms with Crippen LogP contribution in [0.3, 0.4) is 0 Å². The van der Waals surface area contributed by atoms with Crippen LogP contribution in [0.4, 0.5) is 0 Å². The lowest BCUT2D eigenvalue weighted by molar-refractivity contribution is -0.138. The van der Waals surface area contributed by atoms with E-state index in [1.807, 2.05) is 26.0 Å². The van der Waals surface area contributed by atoms with Gasteiger partial charge in [0.2, 0.25) is 11.8 Å². The molecule has 0 aromatic heterocycles. The number of carbonyl (C=O) groups excluding carboxylic acids is 2. The van der Waals surface area contributed by atoms with Crippen LogP contribution in [0.5, 0.6) is 0 Å². The van der Waals surface area contributed by atoms with Crippen molar-refractivity contribution >= 4 is 58.4 Å². The second-order valence-corrected chi connectivity index (χ2v) is 9.58. The summed E-state index contributed by atoms with van der Waals surface area (Å²) in [5, 5.41) is 4.44. The van der Waals surface area contributed by atoms with Crippen LogP contribution in [0.25, 0.3) is 0 Å². The van der Waals surface area contributed by atoms with E-state index in [1.54, 1.807) is 37.3 Å². The fourth-order valence-corrected chi connectivity index (χ4v) is 4.08. The summed E-state index contributed by atoms with van der Waals surface area (Å²) in [7, 11) is 0. The van der Waals surface area contributed by atoms with Gasteiger partial charge < -0.3 is 10.2 Å². The monoisotopic (exact) mass is 486 g/mol. The SMILES string of the molecule is CC(C)CNC(=O)[C@H](C)N(Cc1c(Cl)cccc1Cl)C(=O)CSc1ccc(Cl)cc1. The van der Waals surface area contributed by atoms with Crippen LogP contribution in [0, 0.1) is 5.92 Å². The molecule has 0 radical (unpaired) electrons. The molecule has 2 amide bonds. The second kappa shape index (κ2) is 11.8. The van der Waals surface area contributed by atoms with Crippen LogP contribution in [0.1, 0.15) is 26.3 Å². The summed E-state index contributed by atoms with van der Waals surface area (Å²) >= 11 is 19.9. The number of nitrogens with one attached hydrogen (secondary N) is 1. The third-order valence-electron chi connectivity index (χ3n) is 4.42. The molecule has 2 aromatic rings. The molecular formula is C22H25Cl3N2O2S. The summed E-state index contributed by atoms with van der Waals surface area (Å²) in [6, 6.07) is 11.8. The highest BCUT2D eigenvalue weighted by atomic mass is 35.5. The Kier molecular flexibility index (Phi) is 9.82. The van der Waals surface area contributed by atoms with E-state index < -0.39 is 6.04 Å². The molecule has 0 fully saturated rings. The molecule has 2 aromatic carbocycles. The molecule has 0 aliphatic heterocycles. The highest BCUT2D eigenvalue weighted by Gasteiger charge is 2.27. The number of thioether (sulfide) groups is 1. The van der Waals surface area contributed by atoms with E-state index in [0.29, 0.717) is 33.1 Å². The van der Waals surface area contributed by atoms with Gasteiger partial charge in [-0.25, -0.2) is 0 Å². The lowest BCUT2D eigenvalue weighted by Crippen LogP contribution is -2.48. The van der Waals surface area contributed by atoms with E-state index in [2.05, 4.69) is 5.32 Å². The molecule has 0 heterocycles. The van der Waals surface area contributed by atoms with Gasteiger partial charge in [-0.15, -0.1) is 11.8 Å². The van der Waals surface area contributed by atoms with Crippen molar-refractivity contribution < 1.29 is 9.59 Å². The molecule has 0 saturated carbocycles. The molecule has 0 saturated heterocycles. The number of rotatable bonds is 9. The molecular weight excluding hydrogens is 463 g/mol. The third kappa shape index (κ3) is 7.38. The van der Waals surface area contributed by atoms with Gasteiger partial charge in [0.25, 0.3) is 0 Å².